The maximum absolute atomic E-state index is 6.83. The van der Waals surface area contributed by atoms with Gasteiger partial charge in [0.05, 0.1) is 0 Å². The third-order valence-corrected chi connectivity index (χ3v) is 1.36. The van der Waals surface area contributed by atoms with Gasteiger partial charge < -0.3 is 0 Å². The first kappa shape index (κ1) is 6.47. The fraction of sp³-hybridized carbons (Fsp3) is 1.00. The van der Waals surface area contributed by atoms with E-state index in [9.17, 15) is 0 Å². The molecule has 50 valence electrons. The van der Waals surface area contributed by atoms with Crippen LogP contribution in [0.3, 0.4) is 0 Å². The molecule has 0 N–H and O–H groups in total. The lowest BCUT2D eigenvalue weighted by molar-refractivity contribution is 0.375. The van der Waals surface area contributed by atoms with Crippen molar-refractivity contribution in [1.82, 2.24) is 0 Å². The Morgan fingerprint density at radius 1 is 1.50 bits per heavy atom. The summed E-state index contributed by atoms with van der Waals surface area (Å²) in [6, 6.07) is 0. The molecule has 0 fully saturated rings. The first-order valence-corrected chi connectivity index (χ1v) is 3.72. The highest BCUT2D eigenvalue weighted by Crippen LogP contribution is 2.20. The summed E-state index contributed by atoms with van der Waals surface area (Å²) in [5.74, 6) is 0.983. The molecule has 0 aliphatic carbocycles. The quantitative estimate of drug-likeness (QED) is 0.445. The van der Waals surface area contributed by atoms with Crippen molar-refractivity contribution in [1.29, 1.82) is 1.12 Å². The Morgan fingerprint density at radius 3 is 2.50 bits per heavy atom. The fourth-order valence-electron chi connectivity index (χ4n) is 0.602. The molecule has 8 heavy (non-hydrogen) atoms. The summed E-state index contributed by atoms with van der Waals surface area (Å²) in [6.45, 7) is 6.71. The number of rotatable bonds is 3. The predicted molar refractivity (Wildman–Crippen MR) is 42.5 cm³/mol. The monoisotopic (exact) mass is 134 g/mol. The van der Waals surface area contributed by atoms with Gasteiger partial charge in [-0.2, -0.15) is 12.5 Å². The largest absolute Gasteiger partial charge is 0.179 e. The van der Waals surface area contributed by atoms with Crippen molar-refractivity contribution in [3.8, 4) is 0 Å². The summed E-state index contributed by atoms with van der Waals surface area (Å²) >= 11 is 1.19. The van der Waals surface area contributed by atoms with Crippen LogP contribution in [0.25, 0.3) is 0 Å². The van der Waals surface area contributed by atoms with Crippen molar-refractivity contribution in [2.24, 2.45) is 5.41 Å². The third kappa shape index (κ3) is 6.35. The topological polar surface area (TPSA) is 0 Å². The van der Waals surface area contributed by atoms with Crippen molar-refractivity contribution in [2.45, 2.75) is 33.6 Å². The van der Waals surface area contributed by atoms with Crippen LogP contribution in [0.15, 0.2) is 0 Å². The Balaban J connectivity index is 3.07. The standard InChI is InChI=1S/C7H16S/c1-7(2,3)5-4-6-8/h8H,4-6H2,1-3H3/i/hT. The van der Waals surface area contributed by atoms with Gasteiger partial charge in [0.2, 0.25) is 0 Å². The van der Waals surface area contributed by atoms with Crippen LogP contribution < -0.4 is 0 Å². The second-order valence-electron chi connectivity index (χ2n) is 3.37. The number of hydrogen-bond donors (Lipinski definition) is 1. The van der Waals surface area contributed by atoms with Crippen molar-refractivity contribution in [2.75, 3.05) is 5.75 Å². The summed E-state index contributed by atoms with van der Waals surface area (Å²) in [5, 5.41) is 0. The van der Waals surface area contributed by atoms with Gasteiger partial charge in [0.1, 0.15) is 1.12 Å². The molecule has 0 aromatic carbocycles. The Kier molecular flexibility index (Phi) is 2.74. The minimum atomic E-state index is 0.454. The molecule has 0 aromatic rings. The van der Waals surface area contributed by atoms with E-state index in [1.54, 1.807) is 0 Å². The molecule has 0 nitrogen and oxygen atoms in total. The van der Waals surface area contributed by atoms with Crippen LogP contribution in [0.4, 0.5) is 0 Å². The molecule has 0 atom stereocenters. The van der Waals surface area contributed by atoms with Crippen LogP contribution in [0.1, 0.15) is 33.6 Å². The van der Waals surface area contributed by atoms with Crippen LogP contribution in [-0.2, 0) is 0 Å². The maximum Gasteiger partial charge on any atom is 0.102 e. The SMILES string of the molecule is [3H]SCCCC(C)(C)C. The van der Waals surface area contributed by atoms with Crippen LogP contribution in [0.5, 0.6) is 0 Å². The molecule has 0 rings (SSSR count). The highest BCUT2D eigenvalue weighted by atomic mass is 32.1. The van der Waals surface area contributed by atoms with E-state index in [1.807, 2.05) is 0 Å². The predicted octanol–water partition coefficient (Wildman–Crippen LogP) is 2.74. The van der Waals surface area contributed by atoms with Crippen LogP contribution >= 0.6 is 12.5 Å². The van der Waals surface area contributed by atoms with Gasteiger partial charge >= 0.3 is 0 Å². The lowest BCUT2D eigenvalue weighted by atomic mass is 9.91. The minimum Gasteiger partial charge on any atom is -0.179 e. The Morgan fingerprint density at radius 2 is 2.12 bits per heavy atom. The van der Waals surface area contributed by atoms with Crippen molar-refractivity contribution in [3.63, 3.8) is 0 Å². The number of hydrogen-bond acceptors (Lipinski definition) is 1. The second-order valence-corrected chi connectivity index (χ2v) is 3.78. The van der Waals surface area contributed by atoms with E-state index in [0.29, 0.717) is 5.41 Å². The highest BCUT2D eigenvalue weighted by Gasteiger charge is 2.07. The zero-order valence-electron chi connectivity index (χ0n) is 7.03. The van der Waals surface area contributed by atoms with Gasteiger partial charge in [0, 0.05) is 0 Å². The van der Waals surface area contributed by atoms with Gasteiger partial charge in [0.15, 0.2) is 0 Å². The van der Waals surface area contributed by atoms with Crippen LogP contribution in [-0.4, -0.2) is 6.88 Å². The van der Waals surface area contributed by atoms with E-state index in [0.717, 1.165) is 5.75 Å². The fourth-order valence-corrected chi connectivity index (χ4v) is 0.747. The molecule has 0 unspecified atom stereocenters. The van der Waals surface area contributed by atoms with E-state index in [2.05, 4.69) is 20.8 Å². The average Bonchev–Trinajstić information content (AvgIpc) is 1.63. The summed E-state index contributed by atoms with van der Waals surface area (Å²) in [5.41, 5.74) is 0.454. The van der Waals surface area contributed by atoms with E-state index >= 15 is 0 Å². The molecule has 0 saturated heterocycles. The summed E-state index contributed by atoms with van der Waals surface area (Å²) in [4.78, 5) is 0. The normalized spacial score (nSPS) is 13.6. The molecule has 0 heterocycles. The Hall–Kier alpha value is 0.350. The smallest absolute Gasteiger partial charge is 0.102 e. The van der Waals surface area contributed by atoms with Gasteiger partial charge in [-0.25, -0.2) is 0 Å². The molecule has 0 amide bonds. The maximum atomic E-state index is 6.83. The van der Waals surface area contributed by atoms with Gasteiger partial charge in [-0.05, 0) is 24.0 Å². The summed E-state index contributed by atoms with van der Waals surface area (Å²) < 4.78 is 6.83. The molecule has 0 saturated carbocycles. The molecule has 0 aromatic heterocycles. The summed E-state index contributed by atoms with van der Waals surface area (Å²) in [6.07, 6.45) is 2.41. The minimum absolute atomic E-state index is 0.454. The zero-order valence-corrected chi connectivity index (χ0v) is 6.85. The van der Waals surface area contributed by atoms with Crippen LogP contribution in [0.2, 0.25) is 0 Å². The van der Waals surface area contributed by atoms with E-state index in [1.165, 1.54) is 25.4 Å². The summed E-state index contributed by atoms with van der Waals surface area (Å²) in [7, 11) is 0. The lowest BCUT2D eigenvalue weighted by Gasteiger charge is -2.16. The lowest BCUT2D eigenvalue weighted by Crippen LogP contribution is -2.04. The van der Waals surface area contributed by atoms with Gasteiger partial charge in [-0.15, -0.1) is 0 Å². The first-order chi connectivity index (χ1) is 4.06. The van der Waals surface area contributed by atoms with Crippen molar-refractivity contribution < 1.29 is 0 Å². The van der Waals surface area contributed by atoms with Gasteiger partial charge in [0.25, 0.3) is 0 Å². The molecular formula is C7H16S. The third-order valence-electron chi connectivity index (χ3n) is 1.07. The van der Waals surface area contributed by atoms with Crippen molar-refractivity contribution >= 4 is 12.5 Å². The molecule has 0 bridgehead atoms. The molecule has 0 aliphatic heterocycles. The van der Waals surface area contributed by atoms with E-state index < -0.39 is 0 Å². The van der Waals surface area contributed by atoms with E-state index in [4.69, 9.17) is 1.12 Å². The molecular weight excluding hydrogens is 116 g/mol. The Bertz CT molecular complexity index is 65.8. The zero-order chi connectivity index (χ0) is 7.33. The Labute approximate surface area is 59.2 Å². The van der Waals surface area contributed by atoms with Gasteiger partial charge in [-0.1, -0.05) is 20.8 Å². The molecule has 0 radical (unpaired) electrons. The van der Waals surface area contributed by atoms with Gasteiger partial charge in [-0.3, -0.25) is 0 Å². The van der Waals surface area contributed by atoms with E-state index in [-0.39, 0.29) is 0 Å². The molecule has 0 spiro atoms. The second kappa shape index (κ2) is 3.39. The number of thiol groups is 1. The first-order valence-electron chi connectivity index (χ1n) is 3.55. The highest BCUT2D eigenvalue weighted by molar-refractivity contribution is 7.80. The van der Waals surface area contributed by atoms with Crippen LogP contribution in [0, 0.1) is 5.41 Å². The van der Waals surface area contributed by atoms with Crippen molar-refractivity contribution in [3.05, 3.63) is 0 Å². The average molecular weight is 134 g/mol. The molecule has 0 aliphatic rings. The molecule has 1 heteroatoms.